The molecule has 1 aromatic heterocycles. The lowest BCUT2D eigenvalue weighted by Crippen LogP contribution is -2.47. The number of amidine groups is 2. The Bertz CT molecular complexity index is 548. The second-order valence-electron chi connectivity index (χ2n) is 4.64. The number of hydrogen-bond donors (Lipinski definition) is 2. The van der Waals surface area contributed by atoms with Crippen molar-refractivity contribution in [1.29, 1.82) is 10.7 Å². The molecule has 106 valence electrons. The molecule has 0 bridgehead atoms. The van der Waals surface area contributed by atoms with Crippen LogP contribution in [0.4, 0.5) is 5.13 Å². The third-order valence-corrected chi connectivity index (χ3v) is 3.87. The van der Waals surface area contributed by atoms with E-state index in [2.05, 4.69) is 21.9 Å². The van der Waals surface area contributed by atoms with E-state index in [1.165, 1.54) is 17.5 Å². The molecule has 2 heterocycles. The lowest BCUT2D eigenvalue weighted by Gasteiger charge is -2.34. The minimum absolute atomic E-state index is 0.311. The van der Waals surface area contributed by atoms with E-state index in [1.54, 1.807) is 0 Å². The first-order valence-electron chi connectivity index (χ1n) is 6.28. The van der Waals surface area contributed by atoms with Crippen molar-refractivity contribution >= 4 is 28.1 Å². The van der Waals surface area contributed by atoms with Crippen LogP contribution in [0.3, 0.4) is 0 Å². The second kappa shape index (κ2) is 6.45. The third-order valence-electron chi connectivity index (χ3n) is 3.08. The first-order valence-corrected chi connectivity index (χ1v) is 7.10. The van der Waals surface area contributed by atoms with Gasteiger partial charge >= 0.3 is 0 Å². The summed E-state index contributed by atoms with van der Waals surface area (Å²) in [6.07, 6.45) is 1.79. The maximum absolute atomic E-state index is 8.72. The first kappa shape index (κ1) is 14.4. The summed E-state index contributed by atoms with van der Waals surface area (Å²) in [6, 6.07) is 2.01. The molecule has 1 saturated heterocycles. The van der Waals surface area contributed by atoms with Crippen LogP contribution in [-0.2, 0) is 0 Å². The lowest BCUT2D eigenvalue weighted by atomic mass is 10.2. The van der Waals surface area contributed by atoms with Crippen molar-refractivity contribution in [2.24, 2.45) is 10.7 Å². The summed E-state index contributed by atoms with van der Waals surface area (Å²) in [7, 11) is 2.08. The fourth-order valence-electron chi connectivity index (χ4n) is 1.89. The molecule has 1 aliphatic heterocycles. The predicted octanol–water partition coefficient (Wildman–Crippen LogP) is 0.618. The molecule has 3 N–H and O–H groups in total. The molecule has 8 heteroatoms. The zero-order valence-corrected chi connectivity index (χ0v) is 12.2. The van der Waals surface area contributed by atoms with Crippen LogP contribution in [0.2, 0.25) is 0 Å². The van der Waals surface area contributed by atoms with E-state index in [9.17, 15) is 0 Å². The van der Waals surface area contributed by atoms with Gasteiger partial charge < -0.3 is 15.5 Å². The van der Waals surface area contributed by atoms with Gasteiger partial charge in [-0.2, -0.15) is 5.26 Å². The van der Waals surface area contributed by atoms with Gasteiger partial charge in [0.15, 0.2) is 0 Å². The summed E-state index contributed by atoms with van der Waals surface area (Å²) in [5.41, 5.74) is 5.85. The monoisotopic (exact) mass is 291 g/mol. The average Bonchev–Trinajstić information content (AvgIpc) is 2.86. The number of aromatic nitrogens is 1. The van der Waals surface area contributed by atoms with Gasteiger partial charge in [-0.05, 0) is 7.05 Å². The number of nitrogens with zero attached hydrogens (tertiary/aromatic N) is 5. The summed E-state index contributed by atoms with van der Waals surface area (Å²) in [5, 5.41) is 17.2. The number of aliphatic imine (C=N–C) groups is 1. The van der Waals surface area contributed by atoms with Crippen molar-refractivity contribution < 1.29 is 0 Å². The summed E-state index contributed by atoms with van der Waals surface area (Å²) in [6.45, 7) is 3.60. The van der Waals surface area contributed by atoms with Crippen molar-refractivity contribution in [1.82, 2.24) is 14.8 Å². The minimum Gasteiger partial charge on any atom is -0.387 e. The number of nitriles is 1. The average molecular weight is 291 g/mol. The summed E-state index contributed by atoms with van der Waals surface area (Å²) < 4.78 is 0. The van der Waals surface area contributed by atoms with Crippen LogP contribution in [0.5, 0.6) is 0 Å². The van der Waals surface area contributed by atoms with E-state index in [1.807, 2.05) is 11.0 Å². The SMILES string of the molecule is CN1CCN(C(=N)CC(N)=Nc2ncc(C#N)s2)CC1. The van der Waals surface area contributed by atoms with E-state index in [0.717, 1.165) is 26.2 Å². The zero-order valence-electron chi connectivity index (χ0n) is 11.3. The molecule has 0 unspecified atom stereocenters. The maximum Gasteiger partial charge on any atom is 0.212 e. The maximum atomic E-state index is 8.72. The van der Waals surface area contributed by atoms with Crippen LogP contribution in [0.1, 0.15) is 11.3 Å². The lowest BCUT2D eigenvalue weighted by molar-refractivity contribution is 0.213. The molecule has 0 aromatic carbocycles. The predicted molar refractivity (Wildman–Crippen MR) is 79.5 cm³/mol. The number of nitrogens with one attached hydrogen (secondary N) is 1. The van der Waals surface area contributed by atoms with Gasteiger partial charge in [-0.3, -0.25) is 5.41 Å². The zero-order chi connectivity index (χ0) is 14.5. The molecule has 0 aliphatic carbocycles. The van der Waals surface area contributed by atoms with Gasteiger partial charge in [0.1, 0.15) is 22.6 Å². The van der Waals surface area contributed by atoms with E-state index in [-0.39, 0.29) is 0 Å². The standard InChI is InChI=1S/C12H17N7S/c1-18-2-4-19(5-3-18)11(15)6-10(14)17-12-16-8-9(7-13)20-12/h8,15H,2-6H2,1H3,(H2,14,16,17). The third kappa shape index (κ3) is 3.76. The fourth-order valence-corrected chi connectivity index (χ4v) is 2.51. The fraction of sp³-hybridized carbons (Fsp3) is 0.500. The largest absolute Gasteiger partial charge is 0.387 e. The van der Waals surface area contributed by atoms with Crippen molar-refractivity contribution in [3.63, 3.8) is 0 Å². The molecule has 20 heavy (non-hydrogen) atoms. The Morgan fingerprint density at radius 1 is 1.55 bits per heavy atom. The molecule has 1 aliphatic rings. The first-order chi connectivity index (χ1) is 9.58. The number of nitrogens with two attached hydrogens (primary N) is 1. The van der Waals surface area contributed by atoms with Crippen LogP contribution >= 0.6 is 11.3 Å². The van der Waals surface area contributed by atoms with E-state index in [0.29, 0.717) is 28.1 Å². The Kier molecular flexibility index (Phi) is 4.65. The normalized spacial score (nSPS) is 17.0. The summed E-state index contributed by atoms with van der Waals surface area (Å²) in [4.78, 5) is 12.9. The van der Waals surface area contributed by atoms with Gasteiger partial charge in [0.2, 0.25) is 5.13 Å². The molecular weight excluding hydrogens is 274 g/mol. The topological polar surface area (TPSA) is 105 Å². The quantitative estimate of drug-likeness (QED) is 0.627. The Morgan fingerprint density at radius 2 is 2.25 bits per heavy atom. The highest BCUT2D eigenvalue weighted by atomic mass is 32.1. The molecule has 2 rings (SSSR count). The summed E-state index contributed by atoms with van der Waals surface area (Å²) in [5.74, 6) is 0.837. The molecule has 0 radical (unpaired) electrons. The van der Waals surface area contributed by atoms with Crippen molar-refractivity contribution in [3.05, 3.63) is 11.1 Å². The van der Waals surface area contributed by atoms with Crippen LogP contribution < -0.4 is 5.73 Å². The number of thiazole rings is 1. The van der Waals surface area contributed by atoms with Crippen molar-refractivity contribution in [3.8, 4) is 6.07 Å². The summed E-state index contributed by atoms with van der Waals surface area (Å²) >= 11 is 1.19. The van der Waals surface area contributed by atoms with Crippen LogP contribution in [0.25, 0.3) is 0 Å². The van der Waals surface area contributed by atoms with Gasteiger partial charge in [-0.1, -0.05) is 11.3 Å². The molecule has 0 spiro atoms. The van der Waals surface area contributed by atoms with Gasteiger partial charge in [-0.15, -0.1) is 0 Å². The highest BCUT2D eigenvalue weighted by molar-refractivity contribution is 7.15. The Labute approximate surface area is 121 Å². The van der Waals surface area contributed by atoms with Crippen LogP contribution in [0.15, 0.2) is 11.2 Å². The molecular formula is C12H17N7S. The Hall–Kier alpha value is -1.98. The van der Waals surface area contributed by atoms with E-state index < -0.39 is 0 Å². The van der Waals surface area contributed by atoms with Crippen molar-refractivity contribution in [2.45, 2.75) is 6.42 Å². The number of piperazine rings is 1. The molecule has 0 amide bonds. The molecule has 7 nitrogen and oxygen atoms in total. The molecule has 0 saturated carbocycles. The number of likely N-dealkylation sites (N-methyl/N-ethyl adjacent to an activating group) is 1. The highest BCUT2D eigenvalue weighted by Gasteiger charge is 2.17. The highest BCUT2D eigenvalue weighted by Crippen LogP contribution is 2.20. The van der Waals surface area contributed by atoms with Gasteiger partial charge in [-0.25, -0.2) is 9.98 Å². The smallest absolute Gasteiger partial charge is 0.212 e. The Morgan fingerprint density at radius 3 is 2.85 bits per heavy atom. The van der Waals surface area contributed by atoms with Crippen LogP contribution in [0, 0.1) is 16.7 Å². The number of hydrogen-bond acceptors (Lipinski definition) is 6. The number of rotatable bonds is 3. The van der Waals surface area contributed by atoms with E-state index in [4.69, 9.17) is 16.4 Å². The Balaban J connectivity index is 1.92. The van der Waals surface area contributed by atoms with Gasteiger partial charge in [0, 0.05) is 26.2 Å². The van der Waals surface area contributed by atoms with Gasteiger partial charge in [0.05, 0.1) is 12.6 Å². The van der Waals surface area contributed by atoms with Crippen LogP contribution in [-0.4, -0.2) is 59.7 Å². The second-order valence-corrected chi connectivity index (χ2v) is 5.64. The van der Waals surface area contributed by atoms with Crippen molar-refractivity contribution in [2.75, 3.05) is 33.2 Å². The van der Waals surface area contributed by atoms with Gasteiger partial charge in [0.25, 0.3) is 0 Å². The minimum atomic E-state index is 0.311. The molecule has 1 aromatic rings. The molecule has 0 atom stereocenters. The molecule has 1 fully saturated rings. The van der Waals surface area contributed by atoms with E-state index >= 15 is 0 Å².